The summed E-state index contributed by atoms with van der Waals surface area (Å²) in [5.41, 5.74) is 2.59. The van der Waals surface area contributed by atoms with E-state index in [1.165, 1.54) is 0 Å². The van der Waals surface area contributed by atoms with E-state index in [1.807, 2.05) is 109 Å². The second-order valence-electron chi connectivity index (χ2n) is 9.18. The molecule has 0 bridgehead atoms. The summed E-state index contributed by atoms with van der Waals surface area (Å²) in [4.78, 5) is 14.0. The molecule has 0 aliphatic rings. The molecule has 38 heavy (non-hydrogen) atoms. The van der Waals surface area contributed by atoms with Gasteiger partial charge < -0.3 is 9.47 Å². The van der Waals surface area contributed by atoms with Gasteiger partial charge in [-0.2, -0.15) is 0 Å². The van der Waals surface area contributed by atoms with Crippen molar-refractivity contribution in [3.8, 4) is 5.75 Å². The summed E-state index contributed by atoms with van der Waals surface area (Å²) in [6.07, 6.45) is -1.56. The Morgan fingerprint density at radius 2 is 0.974 bits per heavy atom. The lowest BCUT2D eigenvalue weighted by Gasteiger charge is -2.25. The van der Waals surface area contributed by atoms with E-state index in [1.54, 1.807) is 0 Å². The Hall–Kier alpha value is -4.89. The van der Waals surface area contributed by atoms with Gasteiger partial charge in [-0.05, 0) is 33.7 Å². The van der Waals surface area contributed by atoms with Crippen molar-refractivity contribution in [2.75, 3.05) is 0 Å². The molecule has 0 amide bonds. The molecule has 6 aromatic carbocycles. The highest BCUT2D eigenvalue weighted by atomic mass is 16.6. The Bertz CT molecular complexity index is 1600. The summed E-state index contributed by atoms with van der Waals surface area (Å²) in [5.74, 6) is 0.149. The molecule has 3 heteroatoms. The molecule has 0 aromatic heterocycles. The molecule has 0 saturated carbocycles. The number of benzene rings is 6. The monoisotopic (exact) mass is 494 g/mol. The third-order valence-electron chi connectivity index (χ3n) is 6.76. The van der Waals surface area contributed by atoms with E-state index in [4.69, 9.17) is 9.47 Å². The van der Waals surface area contributed by atoms with E-state index in [9.17, 15) is 4.79 Å². The van der Waals surface area contributed by atoms with Crippen LogP contribution in [-0.2, 0) is 9.53 Å². The molecule has 6 rings (SSSR count). The fourth-order valence-electron chi connectivity index (χ4n) is 4.95. The third kappa shape index (κ3) is 4.74. The maximum atomic E-state index is 14.0. The standard InChI is InChI=1S/C35H26O3/c36-35(33(27-15-3-1-4-16-27)37-28-19-5-2-6-20-28)38-34(31-23-11-17-25-13-7-9-21-29(25)31)32-24-12-18-26-14-8-10-22-30(26)32/h1-24,33-34H/t33-/m1/s1. The van der Waals surface area contributed by atoms with Gasteiger partial charge in [0.1, 0.15) is 5.75 Å². The average molecular weight is 495 g/mol. The number of ether oxygens (including phenoxy) is 2. The average Bonchev–Trinajstić information content (AvgIpc) is 2.99. The van der Waals surface area contributed by atoms with Crippen LogP contribution in [0.1, 0.15) is 28.9 Å². The van der Waals surface area contributed by atoms with E-state index < -0.39 is 18.2 Å². The lowest BCUT2D eigenvalue weighted by Crippen LogP contribution is -2.24. The summed E-state index contributed by atoms with van der Waals surface area (Å²) >= 11 is 0. The van der Waals surface area contributed by atoms with Gasteiger partial charge in [0, 0.05) is 16.7 Å². The number of hydrogen-bond acceptors (Lipinski definition) is 3. The topological polar surface area (TPSA) is 35.5 Å². The largest absolute Gasteiger partial charge is 0.474 e. The fraction of sp³-hybridized carbons (Fsp3) is 0.0571. The minimum Gasteiger partial charge on any atom is -0.474 e. The molecule has 0 saturated heterocycles. The highest BCUT2D eigenvalue weighted by Crippen LogP contribution is 2.37. The van der Waals surface area contributed by atoms with E-state index in [2.05, 4.69) is 36.4 Å². The van der Waals surface area contributed by atoms with Crippen molar-refractivity contribution < 1.29 is 14.3 Å². The third-order valence-corrected chi connectivity index (χ3v) is 6.76. The van der Waals surface area contributed by atoms with Gasteiger partial charge >= 0.3 is 5.97 Å². The minimum atomic E-state index is -0.925. The van der Waals surface area contributed by atoms with Gasteiger partial charge in [-0.25, -0.2) is 4.79 Å². The van der Waals surface area contributed by atoms with Gasteiger partial charge in [0.05, 0.1) is 0 Å². The predicted molar refractivity (Wildman–Crippen MR) is 152 cm³/mol. The summed E-state index contributed by atoms with van der Waals surface area (Å²) in [6.45, 7) is 0. The molecular weight excluding hydrogens is 468 g/mol. The molecule has 0 unspecified atom stereocenters. The van der Waals surface area contributed by atoms with Crippen molar-refractivity contribution in [3.63, 3.8) is 0 Å². The number of para-hydroxylation sites is 1. The molecular formula is C35H26O3. The number of carbonyl (C=O) groups is 1. The molecule has 0 spiro atoms. The van der Waals surface area contributed by atoms with Crippen LogP contribution in [0.4, 0.5) is 0 Å². The summed E-state index contributed by atoms with van der Waals surface area (Å²) in [5, 5.41) is 4.26. The fourth-order valence-corrected chi connectivity index (χ4v) is 4.95. The first kappa shape index (κ1) is 23.5. The number of fused-ring (bicyclic) bond motifs is 2. The van der Waals surface area contributed by atoms with Gasteiger partial charge in [0.15, 0.2) is 6.10 Å². The normalized spacial score (nSPS) is 11.9. The van der Waals surface area contributed by atoms with Crippen LogP contribution in [0.15, 0.2) is 146 Å². The minimum absolute atomic E-state index is 0.453. The van der Waals surface area contributed by atoms with Gasteiger partial charge in [0.2, 0.25) is 6.10 Å². The van der Waals surface area contributed by atoms with Gasteiger partial charge in [-0.15, -0.1) is 0 Å². The maximum absolute atomic E-state index is 14.0. The van der Waals surface area contributed by atoms with E-state index in [0.717, 1.165) is 38.2 Å². The number of rotatable bonds is 7. The van der Waals surface area contributed by atoms with Crippen LogP contribution in [0.3, 0.4) is 0 Å². The zero-order chi connectivity index (χ0) is 25.7. The van der Waals surface area contributed by atoms with Crippen LogP contribution in [0.25, 0.3) is 21.5 Å². The molecule has 3 nitrogen and oxygen atoms in total. The SMILES string of the molecule is O=C(OC(c1cccc2ccccc12)c1cccc2ccccc12)[C@H](Oc1ccccc1)c1ccccc1. The van der Waals surface area contributed by atoms with Crippen molar-refractivity contribution in [2.45, 2.75) is 12.2 Å². The highest BCUT2D eigenvalue weighted by Gasteiger charge is 2.30. The molecule has 0 fully saturated rings. The van der Waals surface area contributed by atoms with Crippen LogP contribution in [-0.4, -0.2) is 5.97 Å². The van der Waals surface area contributed by atoms with Crippen molar-refractivity contribution in [3.05, 3.63) is 162 Å². The molecule has 0 N–H and O–H groups in total. The van der Waals surface area contributed by atoms with Crippen molar-refractivity contribution >= 4 is 27.5 Å². The number of esters is 1. The van der Waals surface area contributed by atoms with Crippen LogP contribution in [0.2, 0.25) is 0 Å². The van der Waals surface area contributed by atoms with Crippen LogP contribution < -0.4 is 4.74 Å². The molecule has 6 aromatic rings. The Balaban J connectivity index is 1.47. The maximum Gasteiger partial charge on any atom is 0.353 e. The molecule has 0 aliphatic heterocycles. The van der Waals surface area contributed by atoms with E-state index >= 15 is 0 Å². The zero-order valence-electron chi connectivity index (χ0n) is 20.7. The first-order valence-electron chi connectivity index (χ1n) is 12.7. The smallest absolute Gasteiger partial charge is 0.353 e. The van der Waals surface area contributed by atoms with Crippen molar-refractivity contribution in [1.29, 1.82) is 0 Å². The second-order valence-corrected chi connectivity index (χ2v) is 9.18. The molecule has 1 atom stereocenters. The Morgan fingerprint density at radius 3 is 1.55 bits per heavy atom. The van der Waals surface area contributed by atoms with Crippen LogP contribution >= 0.6 is 0 Å². The first-order chi connectivity index (χ1) is 18.8. The lowest BCUT2D eigenvalue weighted by molar-refractivity contribution is -0.156. The molecule has 0 radical (unpaired) electrons. The van der Waals surface area contributed by atoms with Crippen LogP contribution in [0.5, 0.6) is 5.75 Å². The number of carbonyl (C=O) groups excluding carboxylic acids is 1. The Kier molecular flexibility index (Phi) is 6.57. The summed E-state index contributed by atoms with van der Waals surface area (Å²) in [7, 11) is 0. The van der Waals surface area contributed by atoms with Crippen LogP contribution in [0, 0.1) is 0 Å². The Morgan fingerprint density at radius 1 is 0.500 bits per heavy atom. The lowest BCUT2D eigenvalue weighted by atomic mass is 9.92. The zero-order valence-corrected chi connectivity index (χ0v) is 20.7. The predicted octanol–water partition coefficient (Wildman–Crippen LogP) is 8.45. The molecule has 0 heterocycles. The molecule has 0 aliphatic carbocycles. The van der Waals surface area contributed by atoms with Gasteiger partial charge in [0.25, 0.3) is 0 Å². The summed E-state index contributed by atoms with van der Waals surface area (Å²) in [6, 6.07) is 47.5. The molecule has 184 valence electrons. The van der Waals surface area contributed by atoms with Gasteiger partial charge in [-0.1, -0.05) is 133 Å². The second kappa shape index (κ2) is 10.6. The van der Waals surface area contributed by atoms with E-state index in [-0.39, 0.29) is 0 Å². The van der Waals surface area contributed by atoms with Crippen molar-refractivity contribution in [2.24, 2.45) is 0 Å². The van der Waals surface area contributed by atoms with Gasteiger partial charge in [-0.3, -0.25) is 0 Å². The Labute approximate surface area is 221 Å². The quantitative estimate of drug-likeness (QED) is 0.209. The first-order valence-corrected chi connectivity index (χ1v) is 12.7. The van der Waals surface area contributed by atoms with Crippen molar-refractivity contribution in [1.82, 2.24) is 0 Å². The number of hydrogen-bond donors (Lipinski definition) is 0. The summed E-state index contributed by atoms with van der Waals surface area (Å²) < 4.78 is 12.7. The highest BCUT2D eigenvalue weighted by molar-refractivity contribution is 5.90. The van der Waals surface area contributed by atoms with E-state index in [0.29, 0.717) is 5.75 Å².